The molecular weight excluding hydrogens is 342 g/mol. The van der Waals surface area contributed by atoms with Crippen molar-refractivity contribution in [3.8, 4) is 0 Å². The number of aliphatic hydroxyl groups excluding tert-OH is 1. The molecule has 2 amide bonds. The molecule has 1 aromatic rings. The largest absolute Gasteiger partial charge is 0.387 e. The summed E-state index contributed by atoms with van der Waals surface area (Å²) in [6.07, 6.45) is 7.50. The number of hydrogen-bond donors (Lipinski definition) is 4. The molecule has 2 aliphatic rings. The Hall–Kier alpha value is -2.60. The predicted octanol–water partition coefficient (Wildman–Crippen LogP) is 1.79. The van der Waals surface area contributed by atoms with Crippen LogP contribution in [-0.2, 0) is 9.59 Å². The lowest BCUT2D eigenvalue weighted by Gasteiger charge is -2.27. The van der Waals surface area contributed by atoms with Gasteiger partial charge in [0.05, 0.1) is 18.2 Å². The number of carbonyl (C=O) groups is 2. The molecule has 1 atom stereocenters. The maximum atomic E-state index is 12.7. The van der Waals surface area contributed by atoms with Crippen LogP contribution in [0.4, 0.5) is 0 Å². The minimum absolute atomic E-state index is 0.199. The van der Waals surface area contributed by atoms with Crippen LogP contribution in [0, 0.1) is 0 Å². The third-order valence-corrected chi connectivity index (χ3v) is 5.24. The highest BCUT2D eigenvalue weighted by atomic mass is 16.3. The number of nitrogens with one attached hydrogen (secondary N) is 3. The van der Waals surface area contributed by atoms with Crippen molar-refractivity contribution < 1.29 is 14.7 Å². The lowest BCUT2D eigenvalue weighted by molar-refractivity contribution is -0.124. The van der Waals surface area contributed by atoms with E-state index in [1.54, 1.807) is 6.08 Å². The van der Waals surface area contributed by atoms with E-state index in [2.05, 4.69) is 22.5 Å². The highest BCUT2D eigenvalue weighted by Crippen LogP contribution is 2.30. The molecule has 1 aromatic carbocycles. The standard InChI is InChI=1S/C21H27N3O3/c1-2-14-8-6-7-11-16(14)20(24-18(26)13-25)19-17(12-22-21(19)27)23-15-9-4-3-5-10-15/h2,6-8,11,15,20,23,25H,1,3-5,9-10,12-13H2,(H,22,27)(H,24,26). The van der Waals surface area contributed by atoms with E-state index in [1.165, 1.54) is 19.3 Å². The summed E-state index contributed by atoms with van der Waals surface area (Å²) in [5.41, 5.74) is 2.96. The van der Waals surface area contributed by atoms with Gasteiger partial charge in [0, 0.05) is 11.7 Å². The molecule has 1 fully saturated rings. The highest BCUT2D eigenvalue weighted by Gasteiger charge is 2.33. The molecule has 1 aliphatic heterocycles. The Morgan fingerprint density at radius 2 is 2.04 bits per heavy atom. The van der Waals surface area contributed by atoms with E-state index in [4.69, 9.17) is 0 Å². The summed E-state index contributed by atoms with van der Waals surface area (Å²) in [6.45, 7) is 3.63. The van der Waals surface area contributed by atoms with Crippen molar-refractivity contribution in [1.29, 1.82) is 0 Å². The molecule has 0 bridgehead atoms. The van der Waals surface area contributed by atoms with Gasteiger partial charge in [-0.15, -0.1) is 0 Å². The maximum absolute atomic E-state index is 12.7. The Balaban J connectivity index is 1.99. The average Bonchev–Trinajstić information content (AvgIpc) is 3.06. The van der Waals surface area contributed by atoms with Crippen LogP contribution >= 0.6 is 0 Å². The topological polar surface area (TPSA) is 90.5 Å². The SMILES string of the molecule is C=Cc1ccccc1C(NC(=O)CO)C1=C(NC2CCCCC2)CNC1=O. The van der Waals surface area contributed by atoms with Gasteiger partial charge in [-0.3, -0.25) is 9.59 Å². The molecule has 0 aromatic heterocycles. The zero-order chi connectivity index (χ0) is 19.2. The minimum Gasteiger partial charge on any atom is -0.387 e. The molecule has 4 N–H and O–H groups in total. The fourth-order valence-corrected chi connectivity index (χ4v) is 3.90. The van der Waals surface area contributed by atoms with Gasteiger partial charge in [-0.2, -0.15) is 0 Å². The first kappa shape index (κ1) is 19.2. The van der Waals surface area contributed by atoms with Crippen LogP contribution in [0.3, 0.4) is 0 Å². The van der Waals surface area contributed by atoms with E-state index in [0.717, 1.165) is 29.7 Å². The van der Waals surface area contributed by atoms with E-state index >= 15 is 0 Å². The molecule has 144 valence electrons. The smallest absolute Gasteiger partial charge is 0.251 e. The second kappa shape index (κ2) is 8.86. The van der Waals surface area contributed by atoms with Gasteiger partial charge >= 0.3 is 0 Å². The predicted molar refractivity (Wildman–Crippen MR) is 105 cm³/mol. The van der Waals surface area contributed by atoms with E-state index in [1.807, 2.05) is 24.3 Å². The Morgan fingerprint density at radius 1 is 1.30 bits per heavy atom. The van der Waals surface area contributed by atoms with Crippen LogP contribution in [-0.4, -0.2) is 36.1 Å². The number of rotatable bonds is 7. The molecular formula is C21H27N3O3. The molecule has 6 nitrogen and oxygen atoms in total. The zero-order valence-electron chi connectivity index (χ0n) is 15.5. The van der Waals surface area contributed by atoms with Crippen LogP contribution < -0.4 is 16.0 Å². The molecule has 0 saturated heterocycles. The van der Waals surface area contributed by atoms with Crippen molar-refractivity contribution in [2.45, 2.75) is 44.2 Å². The first-order valence-electron chi connectivity index (χ1n) is 9.53. The summed E-state index contributed by atoms with van der Waals surface area (Å²) >= 11 is 0. The van der Waals surface area contributed by atoms with Crippen molar-refractivity contribution in [2.24, 2.45) is 0 Å². The lowest BCUT2D eigenvalue weighted by Crippen LogP contribution is -2.36. The molecule has 1 aliphatic carbocycles. The second-order valence-electron chi connectivity index (χ2n) is 7.05. The average molecular weight is 369 g/mol. The Kier molecular flexibility index (Phi) is 6.29. The van der Waals surface area contributed by atoms with Gasteiger partial charge in [-0.05, 0) is 24.0 Å². The minimum atomic E-state index is -0.646. The lowest BCUT2D eigenvalue weighted by atomic mass is 9.92. The molecule has 1 heterocycles. The fourth-order valence-electron chi connectivity index (χ4n) is 3.90. The first-order chi connectivity index (χ1) is 13.1. The van der Waals surface area contributed by atoms with E-state index in [9.17, 15) is 14.7 Å². The van der Waals surface area contributed by atoms with Crippen molar-refractivity contribution in [1.82, 2.24) is 16.0 Å². The number of carbonyl (C=O) groups excluding carboxylic acids is 2. The van der Waals surface area contributed by atoms with Crippen LogP contribution in [0.1, 0.15) is 49.3 Å². The van der Waals surface area contributed by atoms with E-state index in [0.29, 0.717) is 18.2 Å². The summed E-state index contributed by atoms with van der Waals surface area (Å²) in [7, 11) is 0. The summed E-state index contributed by atoms with van der Waals surface area (Å²) in [5, 5.41) is 18.4. The van der Waals surface area contributed by atoms with Gasteiger partial charge < -0.3 is 21.1 Å². The van der Waals surface area contributed by atoms with Gasteiger partial charge in [-0.25, -0.2) is 0 Å². The Labute approximate surface area is 159 Å². The Bertz CT molecular complexity index is 751. The van der Waals surface area contributed by atoms with Gasteiger partial charge in [0.15, 0.2) is 0 Å². The monoisotopic (exact) mass is 369 g/mol. The van der Waals surface area contributed by atoms with E-state index < -0.39 is 18.6 Å². The van der Waals surface area contributed by atoms with Gasteiger partial charge in [0.2, 0.25) is 5.91 Å². The maximum Gasteiger partial charge on any atom is 0.251 e. The normalized spacial score (nSPS) is 18.8. The molecule has 1 unspecified atom stereocenters. The molecule has 3 rings (SSSR count). The molecule has 0 radical (unpaired) electrons. The number of aliphatic hydroxyl groups is 1. The van der Waals surface area contributed by atoms with Gasteiger partial charge in [-0.1, -0.05) is 56.2 Å². The van der Waals surface area contributed by atoms with Crippen molar-refractivity contribution in [3.05, 3.63) is 53.2 Å². The summed E-state index contributed by atoms with van der Waals surface area (Å²) in [6, 6.07) is 7.21. The highest BCUT2D eigenvalue weighted by molar-refractivity contribution is 5.99. The van der Waals surface area contributed by atoms with Crippen molar-refractivity contribution in [3.63, 3.8) is 0 Å². The Morgan fingerprint density at radius 3 is 2.74 bits per heavy atom. The third kappa shape index (κ3) is 4.39. The van der Waals surface area contributed by atoms with Gasteiger partial charge in [0.1, 0.15) is 6.61 Å². The van der Waals surface area contributed by atoms with Crippen LogP contribution in [0.25, 0.3) is 6.08 Å². The van der Waals surface area contributed by atoms with Crippen LogP contribution in [0.5, 0.6) is 0 Å². The second-order valence-corrected chi connectivity index (χ2v) is 7.05. The van der Waals surface area contributed by atoms with Crippen molar-refractivity contribution in [2.75, 3.05) is 13.2 Å². The summed E-state index contributed by atoms with van der Waals surface area (Å²) < 4.78 is 0. The molecule has 0 spiro atoms. The molecule has 1 saturated carbocycles. The fraction of sp³-hybridized carbons (Fsp3) is 0.429. The number of amides is 2. The third-order valence-electron chi connectivity index (χ3n) is 5.24. The van der Waals surface area contributed by atoms with Gasteiger partial charge in [0.25, 0.3) is 5.91 Å². The molecule has 27 heavy (non-hydrogen) atoms. The first-order valence-corrected chi connectivity index (χ1v) is 9.53. The number of hydrogen-bond acceptors (Lipinski definition) is 4. The summed E-state index contributed by atoms with van der Waals surface area (Å²) in [4.78, 5) is 24.7. The van der Waals surface area contributed by atoms with E-state index in [-0.39, 0.29) is 5.91 Å². The van der Waals surface area contributed by atoms with Crippen LogP contribution in [0.2, 0.25) is 0 Å². The molecule has 6 heteroatoms. The van der Waals surface area contributed by atoms with Crippen molar-refractivity contribution >= 4 is 17.9 Å². The summed E-state index contributed by atoms with van der Waals surface area (Å²) in [5.74, 6) is -0.724. The number of benzene rings is 1. The quantitative estimate of drug-likeness (QED) is 0.590. The van der Waals surface area contributed by atoms with Crippen LogP contribution in [0.15, 0.2) is 42.1 Å². The zero-order valence-corrected chi connectivity index (χ0v) is 15.5.